The van der Waals surface area contributed by atoms with E-state index in [1.807, 2.05) is 0 Å². The Morgan fingerprint density at radius 1 is 1.16 bits per heavy atom. The molecule has 0 unspecified atom stereocenters. The summed E-state index contributed by atoms with van der Waals surface area (Å²) in [5, 5.41) is 14.6. The normalized spacial score (nSPS) is 19.7. The van der Waals surface area contributed by atoms with Crippen LogP contribution in [0, 0.1) is 5.92 Å². The number of hydrogen-bond donors (Lipinski definition) is 4. The van der Waals surface area contributed by atoms with Crippen LogP contribution in [0.25, 0.3) is 0 Å². The highest BCUT2D eigenvalue weighted by Gasteiger charge is 2.26. The maximum atomic E-state index is 12.2. The third-order valence-electron chi connectivity index (χ3n) is 4.15. The summed E-state index contributed by atoms with van der Waals surface area (Å²) >= 11 is 0. The Kier molecular flexibility index (Phi) is 6.62. The summed E-state index contributed by atoms with van der Waals surface area (Å²) in [6.07, 6.45) is 2.50. The lowest BCUT2D eigenvalue weighted by atomic mass is 9.86. The molecule has 0 aromatic heterocycles. The van der Waals surface area contributed by atoms with Crippen molar-refractivity contribution in [2.75, 3.05) is 11.9 Å². The second kappa shape index (κ2) is 8.91. The Bertz CT molecular complexity index is 626. The summed E-state index contributed by atoms with van der Waals surface area (Å²) in [6.45, 7) is 0.134. The van der Waals surface area contributed by atoms with Gasteiger partial charge in [0.1, 0.15) is 5.75 Å². The van der Waals surface area contributed by atoms with Crippen LogP contribution in [0.1, 0.15) is 32.1 Å². The number of rotatable bonds is 7. The zero-order valence-electron chi connectivity index (χ0n) is 13.9. The third-order valence-corrected chi connectivity index (χ3v) is 4.15. The predicted octanol–water partition coefficient (Wildman–Crippen LogP) is 1.71. The summed E-state index contributed by atoms with van der Waals surface area (Å²) in [7, 11) is 0. The summed E-state index contributed by atoms with van der Waals surface area (Å²) in [4.78, 5) is 33.9. The van der Waals surface area contributed by atoms with Gasteiger partial charge in [0, 0.05) is 6.04 Å². The lowest BCUT2D eigenvalue weighted by Crippen LogP contribution is -2.41. The van der Waals surface area contributed by atoms with E-state index < -0.39 is 11.9 Å². The number of anilines is 1. The minimum absolute atomic E-state index is 0.0430. The smallest absolute Gasteiger partial charge is 0.319 e. The van der Waals surface area contributed by atoms with Gasteiger partial charge in [-0.2, -0.15) is 0 Å². The van der Waals surface area contributed by atoms with Crippen LogP contribution in [0.15, 0.2) is 24.3 Å². The third kappa shape index (κ3) is 5.98. The van der Waals surface area contributed by atoms with Gasteiger partial charge in [0.05, 0.1) is 24.6 Å². The minimum atomic E-state index is -0.773. The molecule has 0 atom stereocenters. The fourth-order valence-corrected chi connectivity index (χ4v) is 2.79. The van der Waals surface area contributed by atoms with Gasteiger partial charge in [-0.3, -0.25) is 9.59 Å². The van der Waals surface area contributed by atoms with Crippen LogP contribution in [-0.2, 0) is 9.59 Å². The Hall–Kier alpha value is -2.77. The molecule has 0 bridgehead atoms. The maximum absolute atomic E-state index is 12.2. The number of primary amides is 1. The first kappa shape index (κ1) is 18.6. The number of amides is 3. The first-order chi connectivity index (χ1) is 12.0. The summed E-state index contributed by atoms with van der Waals surface area (Å²) in [5.74, 6) is -1.10. The van der Waals surface area contributed by atoms with E-state index in [-0.39, 0.29) is 31.0 Å². The van der Waals surface area contributed by atoms with Crippen molar-refractivity contribution in [3.05, 3.63) is 24.3 Å². The molecule has 1 aliphatic carbocycles. The molecule has 1 fully saturated rings. The van der Waals surface area contributed by atoms with Crippen LogP contribution >= 0.6 is 0 Å². The average molecular weight is 349 g/mol. The number of carbonyl (C=O) groups is 3. The molecule has 3 amide bonds. The van der Waals surface area contributed by atoms with Crippen molar-refractivity contribution < 1.29 is 24.2 Å². The fraction of sp³-hybridized carbons (Fsp3) is 0.471. The van der Waals surface area contributed by atoms with E-state index in [2.05, 4.69) is 10.6 Å². The van der Waals surface area contributed by atoms with E-state index in [0.717, 1.165) is 0 Å². The SMILES string of the molecule is NC(=O)CCOc1ccccc1NC(=O)NC1CCC(C(=O)O)CC1. The molecule has 0 spiro atoms. The van der Waals surface area contributed by atoms with Crippen molar-refractivity contribution in [2.24, 2.45) is 11.7 Å². The standard InChI is InChI=1S/C17H23N3O5/c18-15(21)9-10-25-14-4-2-1-3-13(14)20-17(24)19-12-7-5-11(6-8-12)16(22)23/h1-4,11-12H,5-10H2,(H2,18,21)(H,22,23)(H2,19,20,24). The molecule has 1 saturated carbocycles. The van der Waals surface area contributed by atoms with E-state index in [1.54, 1.807) is 24.3 Å². The summed E-state index contributed by atoms with van der Waals surface area (Å²) in [5.41, 5.74) is 5.56. The highest BCUT2D eigenvalue weighted by Crippen LogP contribution is 2.26. The molecule has 2 rings (SSSR count). The van der Waals surface area contributed by atoms with Gasteiger partial charge in [-0.15, -0.1) is 0 Å². The topological polar surface area (TPSA) is 131 Å². The molecule has 8 nitrogen and oxygen atoms in total. The van der Waals surface area contributed by atoms with E-state index in [0.29, 0.717) is 37.1 Å². The largest absolute Gasteiger partial charge is 0.491 e. The van der Waals surface area contributed by atoms with Crippen LogP contribution in [0.5, 0.6) is 5.75 Å². The van der Waals surface area contributed by atoms with E-state index in [9.17, 15) is 14.4 Å². The average Bonchev–Trinajstić information content (AvgIpc) is 2.56. The Morgan fingerprint density at radius 3 is 2.48 bits per heavy atom. The lowest BCUT2D eigenvalue weighted by Gasteiger charge is -2.27. The molecule has 1 aromatic rings. The Balaban J connectivity index is 1.84. The first-order valence-electron chi connectivity index (χ1n) is 8.26. The second-order valence-corrected chi connectivity index (χ2v) is 6.05. The Labute approximate surface area is 145 Å². The predicted molar refractivity (Wildman–Crippen MR) is 91.3 cm³/mol. The van der Waals surface area contributed by atoms with E-state index in [1.165, 1.54) is 0 Å². The van der Waals surface area contributed by atoms with Crippen LogP contribution in [-0.4, -0.2) is 35.7 Å². The number of aliphatic carboxylic acids is 1. The van der Waals surface area contributed by atoms with Gasteiger partial charge in [0.25, 0.3) is 0 Å². The van der Waals surface area contributed by atoms with Crippen molar-refractivity contribution in [2.45, 2.75) is 38.1 Å². The number of para-hydroxylation sites is 2. The summed E-state index contributed by atoms with van der Waals surface area (Å²) in [6, 6.07) is 6.49. The lowest BCUT2D eigenvalue weighted by molar-refractivity contribution is -0.142. The summed E-state index contributed by atoms with van der Waals surface area (Å²) < 4.78 is 5.47. The van der Waals surface area contributed by atoms with Crippen LogP contribution in [0.3, 0.4) is 0 Å². The van der Waals surface area contributed by atoms with E-state index in [4.69, 9.17) is 15.6 Å². The second-order valence-electron chi connectivity index (χ2n) is 6.05. The molecular weight excluding hydrogens is 326 g/mol. The van der Waals surface area contributed by atoms with Gasteiger partial charge in [0.15, 0.2) is 0 Å². The van der Waals surface area contributed by atoms with Gasteiger partial charge in [-0.25, -0.2) is 4.79 Å². The number of hydrogen-bond acceptors (Lipinski definition) is 4. The zero-order chi connectivity index (χ0) is 18.2. The molecular formula is C17H23N3O5. The number of nitrogens with one attached hydrogen (secondary N) is 2. The number of urea groups is 1. The quantitative estimate of drug-likeness (QED) is 0.595. The van der Waals surface area contributed by atoms with Gasteiger partial charge >= 0.3 is 12.0 Å². The number of carboxylic acid groups (broad SMARTS) is 1. The molecule has 0 aliphatic heterocycles. The molecule has 25 heavy (non-hydrogen) atoms. The maximum Gasteiger partial charge on any atom is 0.319 e. The van der Waals surface area contributed by atoms with Crippen molar-refractivity contribution in [1.82, 2.24) is 5.32 Å². The zero-order valence-corrected chi connectivity index (χ0v) is 13.9. The number of benzene rings is 1. The number of carboxylic acids is 1. The van der Waals surface area contributed by atoms with Crippen molar-refractivity contribution in [3.8, 4) is 5.75 Å². The van der Waals surface area contributed by atoms with Crippen molar-refractivity contribution in [1.29, 1.82) is 0 Å². The number of nitrogens with two attached hydrogens (primary N) is 1. The van der Waals surface area contributed by atoms with Gasteiger partial charge in [0.2, 0.25) is 5.91 Å². The van der Waals surface area contributed by atoms with Crippen LogP contribution < -0.4 is 21.1 Å². The van der Waals surface area contributed by atoms with Gasteiger partial charge in [-0.05, 0) is 37.8 Å². The molecule has 1 aliphatic rings. The van der Waals surface area contributed by atoms with E-state index >= 15 is 0 Å². The fourth-order valence-electron chi connectivity index (χ4n) is 2.79. The number of carbonyl (C=O) groups excluding carboxylic acids is 2. The molecule has 0 radical (unpaired) electrons. The van der Waals surface area contributed by atoms with Crippen LogP contribution in [0.2, 0.25) is 0 Å². The highest BCUT2D eigenvalue weighted by atomic mass is 16.5. The van der Waals surface area contributed by atoms with Crippen molar-refractivity contribution >= 4 is 23.6 Å². The number of ether oxygens (including phenoxy) is 1. The first-order valence-corrected chi connectivity index (χ1v) is 8.26. The van der Waals surface area contributed by atoms with Gasteiger partial charge in [-0.1, -0.05) is 12.1 Å². The molecule has 8 heteroatoms. The molecule has 0 saturated heterocycles. The molecule has 0 heterocycles. The molecule has 5 N–H and O–H groups in total. The van der Waals surface area contributed by atoms with Gasteiger partial charge < -0.3 is 26.2 Å². The molecule has 136 valence electrons. The minimum Gasteiger partial charge on any atom is -0.491 e. The molecule has 1 aromatic carbocycles. The van der Waals surface area contributed by atoms with Crippen molar-refractivity contribution in [3.63, 3.8) is 0 Å². The van der Waals surface area contributed by atoms with Crippen LogP contribution in [0.4, 0.5) is 10.5 Å². The highest BCUT2D eigenvalue weighted by molar-refractivity contribution is 5.91. The Morgan fingerprint density at radius 2 is 1.84 bits per heavy atom. The monoisotopic (exact) mass is 349 g/mol.